The highest BCUT2D eigenvalue weighted by Gasteiger charge is 2.14. The monoisotopic (exact) mass is 490 g/mol. The maximum atomic E-state index is 13.1. The number of hydrogen-bond donors (Lipinski definition) is 2. The zero-order valence-corrected chi connectivity index (χ0v) is 20.6. The van der Waals surface area contributed by atoms with E-state index in [9.17, 15) is 14.4 Å². The molecular weight excluding hydrogens is 464 g/mol. The minimum atomic E-state index is -0.372. The number of amides is 2. The van der Waals surface area contributed by atoms with Gasteiger partial charge in [0.15, 0.2) is 0 Å². The lowest BCUT2D eigenvalue weighted by Crippen LogP contribution is -2.34. The van der Waals surface area contributed by atoms with E-state index < -0.39 is 0 Å². The molecule has 9 heteroatoms. The van der Waals surface area contributed by atoms with Crippen LogP contribution in [0.15, 0.2) is 59.0 Å². The fraction of sp³-hybridized carbons (Fsp3) is 0.231. The number of aromatic nitrogens is 2. The molecule has 35 heavy (non-hydrogen) atoms. The smallest absolute Gasteiger partial charge is 0.262 e. The van der Waals surface area contributed by atoms with Crippen LogP contribution in [-0.2, 0) is 16.1 Å². The van der Waals surface area contributed by atoms with Gasteiger partial charge >= 0.3 is 0 Å². The van der Waals surface area contributed by atoms with E-state index in [2.05, 4.69) is 15.6 Å². The second-order valence-electron chi connectivity index (χ2n) is 8.22. The molecule has 8 nitrogen and oxygen atoms in total. The minimum Gasteiger partial charge on any atom is -0.495 e. The summed E-state index contributed by atoms with van der Waals surface area (Å²) in [5.74, 6) is -0.174. The predicted molar refractivity (Wildman–Crippen MR) is 138 cm³/mol. The number of fused-ring (bicyclic) bond motifs is 1. The number of ether oxygens (including phenoxy) is 1. The summed E-state index contributed by atoms with van der Waals surface area (Å²) in [5.41, 5.74) is 4.25. The molecule has 0 radical (unpaired) electrons. The molecule has 4 aromatic rings. The number of carbonyl (C=O) groups is 2. The number of nitrogens with zero attached hydrogens (tertiary/aromatic N) is 2. The molecule has 2 aromatic carbocycles. The van der Waals surface area contributed by atoms with Crippen molar-refractivity contribution in [3.8, 4) is 16.9 Å². The van der Waals surface area contributed by atoms with Gasteiger partial charge in [-0.25, -0.2) is 4.98 Å². The molecule has 0 saturated carbocycles. The molecule has 2 amide bonds. The van der Waals surface area contributed by atoms with Crippen molar-refractivity contribution in [1.29, 1.82) is 0 Å². The Morgan fingerprint density at radius 2 is 1.80 bits per heavy atom. The van der Waals surface area contributed by atoms with Gasteiger partial charge in [-0.05, 0) is 37.1 Å². The number of methoxy groups -OCH3 is 1. The van der Waals surface area contributed by atoms with Gasteiger partial charge < -0.3 is 15.4 Å². The maximum absolute atomic E-state index is 13.1. The highest BCUT2D eigenvalue weighted by molar-refractivity contribution is 7.17. The van der Waals surface area contributed by atoms with Crippen molar-refractivity contribution in [1.82, 2.24) is 14.9 Å². The van der Waals surface area contributed by atoms with Crippen molar-refractivity contribution in [3.63, 3.8) is 0 Å². The van der Waals surface area contributed by atoms with Crippen molar-refractivity contribution in [2.45, 2.75) is 26.8 Å². The van der Waals surface area contributed by atoms with Crippen LogP contribution in [0.4, 0.5) is 5.69 Å². The first kappa shape index (κ1) is 24.2. The van der Waals surface area contributed by atoms with Gasteiger partial charge in [0.05, 0.1) is 31.1 Å². The highest BCUT2D eigenvalue weighted by Crippen LogP contribution is 2.30. The molecule has 0 spiro atoms. The van der Waals surface area contributed by atoms with Crippen LogP contribution < -0.4 is 20.9 Å². The average molecular weight is 491 g/mol. The SMILES string of the molecule is COc1ccc(C)cc1NC(=O)CNC(=O)CCn1cnc2scc(-c3ccc(C)cc3)c2c1=O. The molecule has 2 heterocycles. The first-order chi connectivity index (χ1) is 16.9. The third kappa shape index (κ3) is 5.58. The summed E-state index contributed by atoms with van der Waals surface area (Å²) in [7, 11) is 1.52. The highest BCUT2D eigenvalue weighted by atomic mass is 32.1. The number of benzene rings is 2. The molecule has 0 bridgehead atoms. The largest absolute Gasteiger partial charge is 0.495 e. The number of aryl methyl sites for hydroxylation is 3. The van der Waals surface area contributed by atoms with E-state index in [-0.39, 0.29) is 36.9 Å². The van der Waals surface area contributed by atoms with Gasteiger partial charge in [-0.2, -0.15) is 0 Å². The number of thiophene rings is 1. The first-order valence-corrected chi connectivity index (χ1v) is 12.0. The summed E-state index contributed by atoms with van der Waals surface area (Å²) in [6, 6.07) is 13.4. The number of carbonyl (C=O) groups excluding carboxylic acids is 2. The molecule has 4 rings (SSSR count). The molecule has 2 N–H and O–H groups in total. The van der Waals surface area contributed by atoms with E-state index >= 15 is 0 Å². The Morgan fingerprint density at radius 3 is 2.54 bits per heavy atom. The van der Waals surface area contributed by atoms with Crippen LogP contribution in [0.5, 0.6) is 5.75 Å². The van der Waals surface area contributed by atoms with Gasteiger partial charge in [0.2, 0.25) is 11.8 Å². The molecule has 0 aliphatic rings. The van der Waals surface area contributed by atoms with E-state index in [0.29, 0.717) is 21.7 Å². The Balaban J connectivity index is 1.38. The van der Waals surface area contributed by atoms with Crippen LogP contribution in [0, 0.1) is 13.8 Å². The molecule has 0 atom stereocenters. The van der Waals surface area contributed by atoms with Crippen molar-refractivity contribution >= 4 is 39.1 Å². The first-order valence-electron chi connectivity index (χ1n) is 11.1. The normalized spacial score (nSPS) is 10.8. The van der Waals surface area contributed by atoms with E-state index in [1.807, 2.05) is 49.6 Å². The Kier molecular flexibility index (Phi) is 7.26. The summed E-state index contributed by atoms with van der Waals surface area (Å²) < 4.78 is 6.69. The lowest BCUT2D eigenvalue weighted by Gasteiger charge is -2.11. The van der Waals surface area contributed by atoms with Crippen LogP contribution in [0.3, 0.4) is 0 Å². The summed E-state index contributed by atoms with van der Waals surface area (Å²) >= 11 is 1.42. The molecular formula is C26H26N4O4S. The quantitative estimate of drug-likeness (QED) is 0.390. The Labute approximate surface area is 206 Å². The Hall–Kier alpha value is -3.98. The lowest BCUT2D eigenvalue weighted by atomic mass is 10.1. The van der Waals surface area contributed by atoms with Crippen molar-refractivity contribution in [2.75, 3.05) is 19.0 Å². The van der Waals surface area contributed by atoms with Crippen molar-refractivity contribution < 1.29 is 14.3 Å². The van der Waals surface area contributed by atoms with Crippen LogP contribution >= 0.6 is 11.3 Å². The fourth-order valence-electron chi connectivity index (χ4n) is 3.68. The minimum absolute atomic E-state index is 0.0398. The van der Waals surface area contributed by atoms with Crippen LogP contribution in [0.2, 0.25) is 0 Å². The molecule has 0 unspecified atom stereocenters. The molecule has 180 valence electrons. The van der Waals surface area contributed by atoms with E-state index in [1.54, 1.807) is 12.1 Å². The van der Waals surface area contributed by atoms with Crippen LogP contribution in [-0.4, -0.2) is 35.0 Å². The van der Waals surface area contributed by atoms with E-state index in [4.69, 9.17) is 4.74 Å². The third-order valence-corrected chi connectivity index (χ3v) is 6.46. The second-order valence-corrected chi connectivity index (χ2v) is 9.08. The number of nitrogens with one attached hydrogen (secondary N) is 2. The Morgan fingerprint density at radius 1 is 1.06 bits per heavy atom. The molecule has 0 aliphatic heterocycles. The van der Waals surface area contributed by atoms with Gasteiger partial charge in [-0.3, -0.25) is 19.0 Å². The fourth-order valence-corrected chi connectivity index (χ4v) is 4.58. The number of hydrogen-bond acceptors (Lipinski definition) is 6. The van der Waals surface area contributed by atoms with Gasteiger partial charge in [0.1, 0.15) is 10.6 Å². The van der Waals surface area contributed by atoms with Crippen molar-refractivity contribution in [3.05, 3.63) is 75.7 Å². The third-order valence-electron chi connectivity index (χ3n) is 5.58. The Bertz CT molecular complexity index is 1440. The van der Waals surface area contributed by atoms with Crippen molar-refractivity contribution in [2.24, 2.45) is 0 Å². The number of anilines is 1. The lowest BCUT2D eigenvalue weighted by molar-refractivity contribution is -0.124. The molecule has 0 saturated heterocycles. The van der Waals surface area contributed by atoms with Gasteiger partial charge in [-0.1, -0.05) is 35.9 Å². The number of rotatable bonds is 8. The van der Waals surface area contributed by atoms with Crippen LogP contribution in [0.25, 0.3) is 21.3 Å². The van der Waals surface area contributed by atoms with Gasteiger partial charge in [-0.15, -0.1) is 11.3 Å². The molecule has 0 fully saturated rings. The summed E-state index contributed by atoms with van der Waals surface area (Å²) in [4.78, 5) is 42.8. The van der Waals surface area contributed by atoms with Gasteiger partial charge in [0, 0.05) is 23.9 Å². The van der Waals surface area contributed by atoms with E-state index in [1.165, 1.54) is 29.3 Å². The predicted octanol–water partition coefficient (Wildman–Crippen LogP) is 3.90. The molecule has 0 aliphatic carbocycles. The van der Waals surface area contributed by atoms with Crippen LogP contribution in [0.1, 0.15) is 17.5 Å². The average Bonchev–Trinajstić information content (AvgIpc) is 3.28. The van der Waals surface area contributed by atoms with Gasteiger partial charge in [0.25, 0.3) is 5.56 Å². The summed E-state index contributed by atoms with van der Waals surface area (Å²) in [5, 5.41) is 7.82. The molecule has 2 aromatic heterocycles. The van der Waals surface area contributed by atoms with E-state index in [0.717, 1.165) is 22.3 Å². The zero-order chi connectivity index (χ0) is 24.9. The second kappa shape index (κ2) is 10.5. The standard InChI is InChI=1S/C26H26N4O4S/c1-16-4-7-18(8-5-16)19-14-35-25-24(19)26(33)30(15-28-25)11-10-22(31)27-13-23(32)29-20-12-17(2)6-9-21(20)34-3/h4-9,12,14-15H,10-11,13H2,1-3H3,(H,27,31)(H,29,32). The maximum Gasteiger partial charge on any atom is 0.262 e. The summed E-state index contributed by atoms with van der Waals surface area (Å²) in [6.45, 7) is 3.89. The topological polar surface area (TPSA) is 102 Å². The zero-order valence-electron chi connectivity index (χ0n) is 19.8. The summed E-state index contributed by atoms with van der Waals surface area (Å²) in [6.07, 6.45) is 1.50.